The molecule has 0 saturated heterocycles. The third-order valence-electron chi connectivity index (χ3n) is 2.43. The summed E-state index contributed by atoms with van der Waals surface area (Å²) in [5.41, 5.74) is 1.20. The summed E-state index contributed by atoms with van der Waals surface area (Å²) < 4.78 is 4.97. The van der Waals surface area contributed by atoms with Crippen LogP contribution in [0.4, 0.5) is 0 Å². The molecule has 102 valence electrons. The Morgan fingerprint density at radius 1 is 1.42 bits per heavy atom. The molecular formula is C13H16ClN3S2. The van der Waals surface area contributed by atoms with Crippen molar-refractivity contribution < 1.29 is 0 Å². The smallest absolute Gasteiger partial charge is 0.174 e. The van der Waals surface area contributed by atoms with Gasteiger partial charge in [-0.05, 0) is 47.8 Å². The van der Waals surface area contributed by atoms with Gasteiger partial charge >= 0.3 is 0 Å². The number of rotatable bonds is 6. The van der Waals surface area contributed by atoms with Crippen molar-refractivity contribution in [2.24, 2.45) is 5.92 Å². The van der Waals surface area contributed by atoms with Crippen LogP contribution in [0, 0.1) is 5.92 Å². The van der Waals surface area contributed by atoms with Crippen LogP contribution in [0.1, 0.15) is 19.4 Å². The number of hydrogen-bond donors (Lipinski definition) is 1. The predicted molar refractivity (Wildman–Crippen MR) is 82.0 cm³/mol. The average molecular weight is 314 g/mol. The van der Waals surface area contributed by atoms with E-state index in [1.165, 1.54) is 22.0 Å². The highest BCUT2D eigenvalue weighted by Gasteiger charge is 2.08. The maximum absolute atomic E-state index is 6.08. The zero-order chi connectivity index (χ0) is 13.7. The first-order valence-corrected chi connectivity index (χ1v) is 8.05. The van der Waals surface area contributed by atoms with E-state index in [1.54, 1.807) is 18.1 Å². The molecule has 0 radical (unpaired) electrons. The Labute approximate surface area is 127 Å². The van der Waals surface area contributed by atoms with Crippen molar-refractivity contribution in [1.82, 2.24) is 14.7 Å². The first-order chi connectivity index (χ1) is 9.15. The van der Waals surface area contributed by atoms with Crippen molar-refractivity contribution in [3.8, 4) is 0 Å². The van der Waals surface area contributed by atoms with Crippen LogP contribution in [-0.2, 0) is 6.54 Å². The van der Waals surface area contributed by atoms with Gasteiger partial charge in [0.1, 0.15) is 6.33 Å². The Hall–Kier alpha value is -0.620. The zero-order valence-electron chi connectivity index (χ0n) is 10.9. The molecule has 0 saturated carbocycles. The molecule has 0 atom stereocenters. The Morgan fingerprint density at radius 3 is 2.95 bits per heavy atom. The topological polar surface area (TPSA) is 37.8 Å². The summed E-state index contributed by atoms with van der Waals surface area (Å²) in [6, 6.07) is 5.97. The molecule has 0 unspecified atom stereocenters. The van der Waals surface area contributed by atoms with E-state index in [0.29, 0.717) is 5.92 Å². The van der Waals surface area contributed by atoms with Crippen molar-refractivity contribution in [2.45, 2.75) is 29.6 Å². The molecule has 2 aromatic rings. The summed E-state index contributed by atoms with van der Waals surface area (Å²) in [4.78, 5) is 5.38. The van der Waals surface area contributed by atoms with Crippen LogP contribution in [0.15, 0.2) is 33.8 Å². The van der Waals surface area contributed by atoms with Gasteiger partial charge < -0.3 is 5.32 Å². The molecule has 0 fully saturated rings. The fraction of sp³-hybridized carbons (Fsp3) is 0.385. The van der Waals surface area contributed by atoms with Crippen LogP contribution in [0.2, 0.25) is 5.02 Å². The summed E-state index contributed by atoms with van der Waals surface area (Å²) in [5, 5.41) is 4.21. The largest absolute Gasteiger partial charge is 0.312 e. The highest BCUT2D eigenvalue weighted by Crippen LogP contribution is 2.32. The summed E-state index contributed by atoms with van der Waals surface area (Å²) in [6.45, 7) is 6.21. The zero-order valence-corrected chi connectivity index (χ0v) is 13.3. The molecule has 1 heterocycles. The first kappa shape index (κ1) is 14.8. The summed E-state index contributed by atoms with van der Waals surface area (Å²) in [5.74, 6) is 0.637. The third kappa shape index (κ3) is 4.76. The predicted octanol–water partition coefficient (Wildman–Crippen LogP) is 4.09. The lowest BCUT2D eigenvalue weighted by molar-refractivity contribution is 0.550. The van der Waals surface area contributed by atoms with E-state index in [9.17, 15) is 0 Å². The van der Waals surface area contributed by atoms with Crippen LogP contribution in [0.5, 0.6) is 0 Å². The van der Waals surface area contributed by atoms with Crippen molar-refractivity contribution in [3.05, 3.63) is 35.1 Å². The molecule has 0 aliphatic rings. The second-order valence-corrected chi connectivity index (χ2v) is 7.09. The number of benzene rings is 1. The van der Waals surface area contributed by atoms with Gasteiger partial charge in [-0.3, -0.25) is 0 Å². The van der Waals surface area contributed by atoms with Gasteiger partial charge in [-0.25, -0.2) is 4.98 Å². The average Bonchev–Trinajstić information content (AvgIpc) is 2.85. The van der Waals surface area contributed by atoms with Gasteiger partial charge in [-0.15, -0.1) is 0 Å². The summed E-state index contributed by atoms with van der Waals surface area (Å²) >= 11 is 9.12. The summed E-state index contributed by atoms with van der Waals surface area (Å²) in [7, 11) is 0. The van der Waals surface area contributed by atoms with E-state index in [1.807, 2.05) is 18.2 Å². The van der Waals surface area contributed by atoms with Crippen LogP contribution in [0.25, 0.3) is 0 Å². The molecule has 1 aromatic heterocycles. The van der Waals surface area contributed by atoms with Gasteiger partial charge in [0.2, 0.25) is 0 Å². The van der Waals surface area contributed by atoms with E-state index in [-0.39, 0.29) is 0 Å². The fourth-order valence-electron chi connectivity index (χ4n) is 1.58. The number of aromatic nitrogens is 2. The molecule has 2 rings (SSSR count). The van der Waals surface area contributed by atoms with Gasteiger partial charge in [-0.2, -0.15) is 4.37 Å². The third-order valence-corrected chi connectivity index (χ3v) is 4.50. The molecule has 0 bridgehead atoms. The van der Waals surface area contributed by atoms with E-state index in [2.05, 4.69) is 28.5 Å². The molecule has 6 heteroatoms. The van der Waals surface area contributed by atoms with E-state index < -0.39 is 0 Å². The van der Waals surface area contributed by atoms with Crippen molar-refractivity contribution in [3.63, 3.8) is 0 Å². The van der Waals surface area contributed by atoms with Gasteiger partial charge in [0, 0.05) is 16.5 Å². The van der Waals surface area contributed by atoms with E-state index in [0.717, 1.165) is 22.5 Å². The monoisotopic (exact) mass is 313 g/mol. The highest BCUT2D eigenvalue weighted by molar-refractivity contribution is 8.01. The van der Waals surface area contributed by atoms with Crippen molar-refractivity contribution in [1.29, 1.82) is 0 Å². The standard InChI is InChI=1S/C13H16ClN3S2/c1-9(2)6-15-7-10-5-11(14)3-4-12(10)18-13-16-8-17-19-13/h3-5,8-9,15H,6-7H2,1-2H3. The lowest BCUT2D eigenvalue weighted by Crippen LogP contribution is -2.19. The van der Waals surface area contributed by atoms with E-state index in [4.69, 9.17) is 11.6 Å². The SMILES string of the molecule is CC(C)CNCc1cc(Cl)ccc1Sc1ncns1. The number of nitrogens with zero attached hydrogens (tertiary/aromatic N) is 2. The quantitative estimate of drug-likeness (QED) is 0.871. The fourth-order valence-corrected chi connectivity index (χ4v) is 3.29. The van der Waals surface area contributed by atoms with Gasteiger partial charge in [0.25, 0.3) is 0 Å². The van der Waals surface area contributed by atoms with Gasteiger partial charge in [0.05, 0.1) is 0 Å². The first-order valence-electron chi connectivity index (χ1n) is 6.09. The molecular weight excluding hydrogens is 298 g/mol. The Balaban J connectivity index is 2.08. The van der Waals surface area contributed by atoms with Gasteiger partial charge in [0.15, 0.2) is 4.34 Å². The normalized spacial score (nSPS) is 11.2. The second-order valence-electron chi connectivity index (χ2n) is 4.59. The molecule has 1 aromatic carbocycles. The Bertz CT molecular complexity index is 515. The van der Waals surface area contributed by atoms with Gasteiger partial charge in [-0.1, -0.05) is 37.2 Å². The summed E-state index contributed by atoms with van der Waals surface area (Å²) in [6.07, 6.45) is 1.58. The number of halogens is 1. The second kappa shape index (κ2) is 7.24. The van der Waals surface area contributed by atoms with E-state index >= 15 is 0 Å². The molecule has 0 aliphatic heterocycles. The molecule has 0 aliphatic carbocycles. The number of hydrogen-bond acceptors (Lipinski definition) is 5. The van der Waals surface area contributed by atoms with Crippen LogP contribution in [0.3, 0.4) is 0 Å². The minimum Gasteiger partial charge on any atom is -0.312 e. The van der Waals surface area contributed by atoms with Crippen molar-refractivity contribution >= 4 is 34.9 Å². The Morgan fingerprint density at radius 2 is 2.26 bits per heavy atom. The lowest BCUT2D eigenvalue weighted by Gasteiger charge is -2.11. The maximum atomic E-state index is 6.08. The lowest BCUT2D eigenvalue weighted by atomic mass is 10.2. The minimum absolute atomic E-state index is 0.637. The molecule has 0 spiro atoms. The molecule has 0 amide bonds. The number of nitrogens with one attached hydrogen (secondary N) is 1. The minimum atomic E-state index is 0.637. The van der Waals surface area contributed by atoms with Crippen molar-refractivity contribution in [2.75, 3.05) is 6.54 Å². The molecule has 3 nitrogen and oxygen atoms in total. The molecule has 19 heavy (non-hydrogen) atoms. The van der Waals surface area contributed by atoms with Crippen LogP contribution in [-0.4, -0.2) is 15.9 Å². The van der Waals surface area contributed by atoms with Crippen LogP contribution < -0.4 is 5.32 Å². The Kier molecular flexibility index (Phi) is 5.63. The molecule has 1 N–H and O–H groups in total. The maximum Gasteiger partial charge on any atom is 0.174 e. The van der Waals surface area contributed by atoms with Crippen LogP contribution >= 0.6 is 34.9 Å². The highest BCUT2D eigenvalue weighted by atomic mass is 35.5.